The lowest BCUT2D eigenvalue weighted by molar-refractivity contribution is -0.305. The fourth-order valence-electron chi connectivity index (χ4n) is 5.09. The Morgan fingerprint density at radius 1 is 0.627 bits per heavy atom. The second-order valence-corrected chi connectivity index (χ2v) is 12.7. The van der Waals surface area contributed by atoms with E-state index in [0.717, 1.165) is 57.8 Å². The molecule has 4 N–H and O–H groups in total. The molecule has 6 atom stereocenters. The van der Waals surface area contributed by atoms with Crippen molar-refractivity contribution in [3.8, 4) is 0 Å². The summed E-state index contributed by atoms with van der Waals surface area (Å²) in [5.74, 6) is -0.921. The van der Waals surface area contributed by atoms with E-state index in [4.69, 9.17) is 18.9 Å². The van der Waals surface area contributed by atoms with Crippen LogP contribution in [-0.2, 0) is 28.5 Å². The molecule has 10 nitrogen and oxygen atoms in total. The van der Waals surface area contributed by atoms with E-state index in [9.17, 15) is 30.0 Å². The predicted octanol–water partition coefficient (Wildman–Crippen LogP) is 6.88. The molecule has 1 aliphatic heterocycles. The van der Waals surface area contributed by atoms with E-state index in [1.165, 1.54) is 19.3 Å². The summed E-state index contributed by atoms with van der Waals surface area (Å²) < 4.78 is 21.9. The number of aliphatic hydroxyl groups is 4. The van der Waals surface area contributed by atoms with Crippen LogP contribution in [0.15, 0.2) is 72.9 Å². The summed E-state index contributed by atoms with van der Waals surface area (Å²) in [6, 6.07) is 0. The van der Waals surface area contributed by atoms with Crippen LogP contribution in [0.4, 0.5) is 0 Å². The van der Waals surface area contributed by atoms with Crippen molar-refractivity contribution in [2.24, 2.45) is 0 Å². The van der Waals surface area contributed by atoms with Gasteiger partial charge in [-0.3, -0.25) is 9.59 Å². The highest BCUT2D eigenvalue weighted by atomic mass is 16.7. The van der Waals surface area contributed by atoms with E-state index in [2.05, 4.69) is 74.6 Å². The maximum Gasteiger partial charge on any atom is 0.306 e. The number of hydrogen-bond donors (Lipinski definition) is 4. The van der Waals surface area contributed by atoms with Crippen molar-refractivity contribution in [3.05, 3.63) is 72.9 Å². The highest BCUT2D eigenvalue weighted by molar-refractivity contribution is 5.70. The van der Waals surface area contributed by atoms with Gasteiger partial charge in [-0.1, -0.05) is 125 Å². The highest BCUT2D eigenvalue weighted by Gasteiger charge is 2.44. The van der Waals surface area contributed by atoms with Gasteiger partial charge in [0.15, 0.2) is 12.4 Å². The molecule has 10 heteroatoms. The zero-order valence-corrected chi connectivity index (χ0v) is 31.1. The van der Waals surface area contributed by atoms with Crippen molar-refractivity contribution in [2.75, 3.05) is 19.8 Å². The summed E-state index contributed by atoms with van der Waals surface area (Å²) in [5, 5.41) is 39.8. The molecule has 0 spiro atoms. The van der Waals surface area contributed by atoms with Crippen LogP contribution in [0.3, 0.4) is 0 Å². The van der Waals surface area contributed by atoms with Crippen LogP contribution in [0.5, 0.6) is 0 Å². The van der Waals surface area contributed by atoms with E-state index < -0.39 is 55.4 Å². The second-order valence-electron chi connectivity index (χ2n) is 12.7. The largest absolute Gasteiger partial charge is 0.462 e. The number of allylic oxidation sites excluding steroid dienone is 12. The molecule has 0 aliphatic carbocycles. The smallest absolute Gasteiger partial charge is 0.306 e. The molecule has 0 aromatic heterocycles. The molecule has 0 radical (unpaired) electrons. The minimum Gasteiger partial charge on any atom is -0.462 e. The van der Waals surface area contributed by atoms with Crippen LogP contribution in [0.1, 0.15) is 117 Å². The summed E-state index contributed by atoms with van der Waals surface area (Å²) in [4.78, 5) is 25.0. The Morgan fingerprint density at radius 2 is 1.16 bits per heavy atom. The second kappa shape index (κ2) is 31.8. The SMILES string of the molecule is CC/C=C/C/C=C/C/C=C/C/C=C/C/C=C/C/C=C/CCC(=O)OC[C@@H](CO[C@H]1O[C@@H](CO)[C@@H](O)C(O)C1O)OC(=O)CCCCCCCCC. The van der Waals surface area contributed by atoms with Crippen LogP contribution in [0.25, 0.3) is 0 Å². The Bertz CT molecular complexity index is 1060. The molecular formula is C41H66O10. The molecular weight excluding hydrogens is 652 g/mol. The number of rotatable bonds is 29. The van der Waals surface area contributed by atoms with Gasteiger partial charge in [0.2, 0.25) is 0 Å². The monoisotopic (exact) mass is 718 g/mol. The molecule has 0 amide bonds. The average molecular weight is 719 g/mol. The van der Waals surface area contributed by atoms with Gasteiger partial charge in [0, 0.05) is 12.8 Å². The highest BCUT2D eigenvalue weighted by Crippen LogP contribution is 2.22. The van der Waals surface area contributed by atoms with E-state index in [1.807, 2.05) is 12.2 Å². The maximum atomic E-state index is 12.6. The normalized spacial score (nSPS) is 22.0. The van der Waals surface area contributed by atoms with Crippen molar-refractivity contribution in [1.29, 1.82) is 0 Å². The summed E-state index contributed by atoms with van der Waals surface area (Å²) in [6.45, 7) is 3.14. The minimum absolute atomic E-state index is 0.147. The van der Waals surface area contributed by atoms with Gasteiger partial charge in [0.25, 0.3) is 0 Å². The van der Waals surface area contributed by atoms with Gasteiger partial charge in [-0.2, -0.15) is 0 Å². The Hall–Kier alpha value is -2.86. The number of carbonyl (C=O) groups excluding carboxylic acids is 2. The van der Waals surface area contributed by atoms with Crippen LogP contribution in [0, 0.1) is 0 Å². The topological polar surface area (TPSA) is 152 Å². The zero-order valence-electron chi connectivity index (χ0n) is 31.1. The number of ether oxygens (including phenoxy) is 4. The first-order valence-corrected chi connectivity index (χ1v) is 19.0. The van der Waals surface area contributed by atoms with Gasteiger partial charge >= 0.3 is 11.9 Å². The van der Waals surface area contributed by atoms with Gasteiger partial charge < -0.3 is 39.4 Å². The molecule has 1 aliphatic rings. The number of hydrogen-bond acceptors (Lipinski definition) is 10. The lowest BCUT2D eigenvalue weighted by atomic mass is 9.99. The minimum atomic E-state index is -1.61. The Balaban J connectivity index is 2.41. The molecule has 0 bridgehead atoms. The van der Waals surface area contributed by atoms with E-state index in [-0.39, 0.29) is 26.1 Å². The van der Waals surface area contributed by atoms with Crippen molar-refractivity contribution >= 4 is 11.9 Å². The molecule has 0 saturated carbocycles. The van der Waals surface area contributed by atoms with Gasteiger partial charge in [-0.25, -0.2) is 0 Å². The number of aliphatic hydroxyl groups excluding tert-OH is 4. The van der Waals surface area contributed by atoms with E-state index >= 15 is 0 Å². The van der Waals surface area contributed by atoms with Gasteiger partial charge in [-0.15, -0.1) is 0 Å². The van der Waals surface area contributed by atoms with Gasteiger partial charge in [-0.05, 0) is 51.4 Å². The first-order chi connectivity index (χ1) is 24.8. The van der Waals surface area contributed by atoms with Crippen LogP contribution >= 0.6 is 0 Å². The number of unbranched alkanes of at least 4 members (excludes halogenated alkanes) is 6. The third-order valence-electron chi connectivity index (χ3n) is 8.12. The maximum absolute atomic E-state index is 12.6. The quantitative estimate of drug-likeness (QED) is 0.0366. The Labute approximate surface area is 306 Å². The summed E-state index contributed by atoms with van der Waals surface area (Å²) in [7, 11) is 0. The number of carbonyl (C=O) groups is 2. The van der Waals surface area contributed by atoms with Crippen LogP contribution in [0.2, 0.25) is 0 Å². The molecule has 2 unspecified atom stereocenters. The van der Waals surface area contributed by atoms with Crippen LogP contribution in [-0.4, -0.2) is 89.0 Å². The fourth-order valence-corrected chi connectivity index (χ4v) is 5.09. The molecule has 51 heavy (non-hydrogen) atoms. The molecule has 1 rings (SSSR count). The fraction of sp³-hybridized carbons (Fsp3) is 0.659. The van der Waals surface area contributed by atoms with Gasteiger partial charge in [0.1, 0.15) is 31.0 Å². The Morgan fingerprint density at radius 3 is 1.71 bits per heavy atom. The van der Waals surface area contributed by atoms with Crippen molar-refractivity contribution in [1.82, 2.24) is 0 Å². The third kappa shape index (κ3) is 24.1. The molecule has 1 fully saturated rings. The van der Waals surface area contributed by atoms with Crippen molar-refractivity contribution < 1.29 is 49.0 Å². The third-order valence-corrected chi connectivity index (χ3v) is 8.12. The van der Waals surface area contributed by atoms with E-state index in [1.54, 1.807) is 0 Å². The first kappa shape index (κ1) is 46.2. The van der Waals surface area contributed by atoms with Crippen LogP contribution < -0.4 is 0 Å². The standard InChI is InChI=1S/C41H66O10/c1-3-5-7-9-11-12-13-14-15-16-17-18-19-20-21-22-24-25-27-29-36(43)48-32-34(50-37(44)30-28-26-23-10-8-6-4-2)33-49-41-40(47)39(46)38(45)35(31-42)51-41/h5,7,11-12,14-15,17-18,20-21,24-25,34-35,38-42,45-47H,3-4,6,8-10,13,16,19,22-23,26-33H2,1-2H3/b7-5+,12-11+,15-14+,18-17+,21-20+,25-24+/t34-,35-,38+,39?,40?,41-/m0/s1. The lowest BCUT2D eigenvalue weighted by Crippen LogP contribution is -2.59. The van der Waals surface area contributed by atoms with E-state index in [0.29, 0.717) is 12.8 Å². The number of esters is 2. The Kier molecular flexibility index (Phi) is 28.8. The molecule has 1 saturated heterocycles. The predicted molar refractivity (Wildman–Crippen MR) is 201 cm³/mol. The summed E-state index contributed by atoms with van der Waals surface area (Å²) in [5.41, 5.74) is 0. The molecule has 290 valence electrons. The average Bonchev–Trinajstić information content (AvgIpc) is 3.13. The lowest BCUT2D eigenvalue weighted by Gasteiger charge is -2.39. The summed E-state index contributed by atoms with van der Waals surface area (Å²) in [6.07, 6.45) is 31.0. The molecule has 1 heterocycles. The molecule has 0 aromatic carbocycles. The summed E-state index contributed by atoms with van der Waals surface area (Å²) >= 11 is 0. The van der Waals surface area contributed by atoms with Gasteiger partial charge in [0.05, 0.1) is 13.2 Å². The molecule has 0 aromatic rings. The van der Waals surface area contributed by atoms with Crippen molar-refractivity contribution in [3.63, 3.8) is 0 Å². The zero-order chi connectivity index (χ0) is 37.4. The first-order valence-electron chi connectivity index (χ1n) is 19.0. The van der Waals surface area contributed by atoms with Crippen molar-refractivity contribution in [2.45, 2.75) is 153 Å².